The summed E-state index contributed by atoms with van der Waals surface area (Å²) in [7, 11) is 0. The summed E-state index contributed by atoms with van der Waals surface area (Å²) in [6.07, 6.45) is 0.0262. The summed E-state index contributed by atoms with van der Waals surface area (Å²) < 4.78 is 32.7. The molecule has 1 aromatic heterocycles. The molecule has 0 aliphatic carbocycles. The lowest BCUT2D eigenvalue weighted by atomic mass is 10.0. The van der Waals surface area contributed by atoms with E-state index in [1.54, 1.807) is 24.3 Å². The highest BCUT2D eigenvalue weighted by molar-refractivity contribution is 6.33. The Labute approximate surface area is 134 Å². The molecule has 0 bridgehead atoms. The van der Waals surface area contributed by atoms with Crippen LogP contribution in [0.1, 0.15) is 6.42 Å². The first-order valence-corrected chi connectivity index (χ1v) is 7.22. The predicted octanol–water partition coefficient (Wildman–Crippen LogP) is 3.63. The number of benzene rings is 1. The Balaban J connectivity index is 2.14. The molecule has 1 aliphatic rings. The SMILES string of the molecule is O=[N+]([O-])c1c(Cl)nc2ccccc2c1NC1CCOCC1(F)F. The van der Waals surface area contributed by atoms with Gasteiger partial charge in [-0.15, -0.1) is 0 Å². The monoisotopic (exact) mass is 343 g/mol. The van der Waals surface area contributed by atoms with Crippen LogP contribution < -0.4 is 5.32 Å². The Kier molecular flexibility index (Phi) is 4.03. The molecular weight excluding hydrogens is 332 g/mol. The van der Waals surface area contributed by atoms with Crippen LogP contribution in [-0.2, 0) is 4.74 Å². The van der Waals surface area contributed by atoms with Crippen LogP contribution >= 0.6 is 11.6 Å². The first-order valence-electron chi connectivity index (χ1n) is 6.85. The summed E-state index contributed by atoms with van der Waals surface area (Å²) in [4.78, 5) is 14.6. The van der Waals surface area contributed by atoms with Crippen LogP contribution in [-0.4, -0.2) is 35.1 Å². The number of nitrogens with zero attached hydrogens (tertiary/aromatic N) is 2. The van der Waals surface area contributed by atoms with Crippen molar-refractivity contribution in [1.82, 2.24) is 4.98 Å². The van der Waals surface area contributed by atoms with Gasteiger partial charge in [0, 0.05) is 12.0 Å². The van der Waals surface area contributed by atoms with Gasteiger partial charge >= 0.3 is 5.69 Å². The number of pyridine rings is 1. The van der Waals surface area contributed by atoms with E-state index < -0.39 is 29.2 Å². The molecule has 0 spiro atoms. The summed E-state index contributed by atoms with van der Waals surface area (Å²) in [6.45, 7) is -0.576. The quantitative estimate of drug-likeness (QED) is 0.523. The molecule has 1 aliphatic heterocycles. The van der Waals surface area contributed by atoms with Crippen LogP contribution in [0.3, 0.4) is 0 Å². The number of fused-ring (bicyclic) bond motifs is 1. The second kappa shape index (κ2) is 5.86. The summed E-state index contributed by atoms with van der Waals surface area (Å²) in [5.41, 5.74) is -0.161. The Morgan fingerprint density at radius 1 is 1.43 bits per heavy atom. The van der Waals surface area contributed by atoms with Crippen LogP contribution in [0.5, 0.6) is 0 Å². The fourth-order valence-electron chi connectivity index (χ4n) is 2.56. The maximum absolute atomic E-state index is 14.0. The minimum absolute atomic E-state index is 0.0262. The minimum Gasteiger partial charge on any atom is -0.375 e. The average molecular weight is 344 g/mol. The molecule has 1 aromatic carbocycles. The van der Waals surface area contributed by atoms with E-state index in [9.17, 15) is 18.9 Å². The lowest BCUT2D eigenvalue weighted by Crippen LogP contribution is -2.47. The van der Waals surface area contributed by atoms with Gasteiger partial charge in [0.1, 0.15) is 12.3 Å². The first-order chi connectivity index (χ1) is 10.9. The Morgan fingerprint density at radius 3 is 2.87 bits per heavy atom. The molecule has 6 nitrogen and oxygen atoms in total. The first kappa shape index (κ1) is 15.8. The Hall–Kier alpha value is -2.06. The minimum atomic E-state index is -3.14. The topological polar surface area (TPSA) is 77.3 Å². The molecule has 1 unspecified atom stereocenters. The maximum Gasteiger partial charge on any atom is 0.329 e. The maximum atomic E-state index is 14.0. The molecule has 23 heavy (non-hydrogen) atoms. The van der Waals surface area contributed by atoms with Gasteiger partial charge in [0.15, 0.2) is 0 Å². The van der Waals surface area contributed by atoms with Crippen LogP contribution in [0.4, 0.5) is 20.2 Å². The van der Waals surface area contributed by atoms with E-state index in [4.69, 9.17) is 16.3 Å². The van der Waals surface area contributed by atoms with Gasteiger partial charge in [0.05, 0.1) is 16.5 Å². The normalized spacial score (nSPS) is 20.4. The van der Waals surface area contributed by atoms with Gasteiger partial charge in [0.2, 0.25) is 5.15 Å². The van der Waals surface area contributed by atoms with Crippen molar-refractivity contribution in [2.75, 3.05) is 18.5 Å². The molecule has 0 saturated carbocycles. The van der Waals surface area contributed by atoms with E-state index in [1.807, 2.05) is 0 Å². The van der Waals surface area contributed by atoms with Crippen LogP contribution in [0.25, 0.3) is 10.9 Å². The smallest absolute Gasteiger partial charge is 0.329 e. The highest BCUT2D eigenvalue weighted by atomic mass is 35.5. The fraction of sp³-hybridized carbons (Fsp3) is 0.357. The summed E-state index contributed by atoms with van der Waals surface area (Å²) >= 11 is 5.89. The number of nitrogens with one attached hydrogen (secondary N) is 1. The number of alkyl halides is 2. The third kappa shape index (κ3) is 2.91. The third-order valence-electron chi connectivity index (χ3n) is 3.68. The van der Waals surface area contributed by atoms with Gasteiger partial charge in [-0.3, -0.25) is 10.1 Å². The van der Waals surface area contributed by atoms with E-state index in [1.165, 1.54) is 0 Å². The molecule has 1 saturated heterocycles. The number of rotatable bonds is 3. The zero-order chi connectivity index (χ0) is 16.6. The van der Waals surface area contributed by atoms with Crippen molar-refractivity contribution >= 4 is 33.9 Å². The highest BCUT2D eigenvalue weighted by Crippen LogP contribution is 2.39. The van der Waals surface area contributed by atoms with Crippen molar-refractivity contribution in [1.29, 1.82) is 0 Å². The number of hydrogen-bond acceptors (Lipinski definition) is 5. The molecule has 122 valence electrons. The number of hydrogen-bond donors (Lipinski definition) is 1. The largest absolute Gasteiger partial charge is 0.375 e. The summed E-state index contributed by atoms with van der Waals surface area (Å²) in [5.74, 6) is -3.14. The predicted molar refractivity (Wildman–Crippen MR) is 81.2 cm³/mol. The lowest BCUT2D eigenvalue weighted by Gasteiger charge is -2.32. The number of anilines is 1. The average Bonchev–Trinajstić information content (AvgIpc) is 2.48. The molecule has 1 N–H and O–H groups in total. The van der Waals surface area contributed by atoms with Crippen LogP contribution in [0.15, 0.2) is 24.3 Å². The van der Waals surface area contributed by atoms with E-state index >= 15 is 0 Å². The third-order valence-corrected chi connectivity index (χ3v) is 3.94. The van der Waals surface area contributed by atoms with Crippen molar-refractivity contribution in [2.24, 2.45) is 0 Å². The van der Waals surface area contributed by atoms with E-state index in [-0.39, 0.29) is 23.9 Å². The molecule has 1 fully saturated rings. The van der Waals surface area contributed by atoms with Crippen LogP contribution in [0, 0.1) is 10.1 Å². The molecular formula is C14H12ClF2N3O3. The van der Waals surface area contributed by atoms with E-state index in [2.05, 4.69) is 10.3 Å². The van der Waals surface area contributed by atoms with Crippen molar-refractivity contribution in [3.05, 3.63) is 39.5 Å². The Morgan fingerprint density at radius 2 is 2.17 bits per heavy atom. The number of para-hydroxylation sites is 1. The van der Waals surface area contributed by atoms with Crippen molar-refractivity contribution in [3.8, 4) is 0 Å². The number of halogens is 3. The van der Waals surface area contributed by atoms with Crippen molar-refractivity contribution in [3.63, 3.8) is 0 Å². The molecule has 0 radical (unpaired) electrons. The molecule has 3 rings (SSSR count). The van der Waals surface area contributed by atoms with Crippen LogP contribution in [0.2, 0.25) is 5.15 Å². The molecule has 2 aromatic rings. The summed E-state index contributed by atoms with van der Waals surface area (Å²) in [6, 6.07) is 5.24. The molecule has 0 amide bonds. The summed E-state index contributed by atoms with van der Waals surface area (Å²) in [5, 5.41) is 14.0. The molecule has 2 heterocycles. The van der Waals surface area contributed by atoms with Gasteiger partial charge in [-0.2, -0.15) is 0 Å². The highest BCUT2D eigenvalue weighted by Gasteiger charge is 2.43. The van der Waals surface area contributed by atoms with Gasteiger partial charge in [-0.25, -0.2) is 13.8 Å². The Bertz CT molecular complexity index is 772. The molecule has 9 heteroatoms. The molecule has 1 atom stereocenters. The van der Waals surface area contributed by atoms with Gasteiger partial charge in [-0.1, -0.05) is 29.8 Å². The van der Waals surface area contributed by atoms with Crippen molar-refractivity contribution < 1.29 is 18.4 Å². The zero-order valence-electron chi connectivity index (χ0n) is 11.8. The number of nitro groups is 1. The number of aromatic nitrogens is 1. The number of ether oxygens (including phenoxy) is 1. The van der Waals surface area contributed by atoms with Crippen molar-refractivity contribution in [2.45, 2.75) is 18.4 Å². The van der Waals surface area contributed by atoms with Gasteiger partial charge in [-0.05, 0) is 12.5 Å². The zero-order valence-corrected chi connectivity index (χ0v) is 12.5. The van der Waals surface area contributed by atoms with E-state index in [0.717, 1.165) is 0 Å². The van der Waals surface area contributed by atoms with E-state index in [0.29, 0.717) is 10.9 Å². The van der Waals surface area contributed by atoms with Gasteiger partial charge < -0.3 is 10.1 Å². The second-order valence-electron chi connectivity index (χ2n) is 5.20. The van der Waals surface area contributed by atoms with Gasteiger partial charge in [0.25, 0.3) is 5.92 Å². The fourth-order valence-corrected chi connectivity index (χ4v) is 2.81. The second-order valence-corrected chi connectivity index (χ2v) is 5.56. The standard InChI is InChI=1S/C14H12ClF2N3O3/c15-13-12(20(21)22)11(8-3-1-2-4-9(8)18-13)19-10-5-6-23-7-14(10,16)17/h1-4,10H,5-7H2,(H,18,19). The lowest BCUT2D eigenvalue weighted by molar-refractivity contribution is -0.384.